The topological polar surface area (TPSA) is 41.4 Å². The highest BCUT2D eigenvalue weighted by atomic mass is 35.5. The van der Waals surface area contributed by atoms with Crippen molar-refractivity contribution in [2.24, 2.45) is 0 Å². The first-order chi connectivity index (χ1) is 10.1. The van der Waals surface area contributed by atoms with Crippen LogP contribution < -0.4 is 0 Å². The molecule has 116 valence electrons. The molecule has 1 unspecified atom stereocenters. The number of rotatable bonds is 3. The maximum Gasteiger partial charge on any atom is 0.247 e. The maximum atomic E-state index is 12.5. The summed E-state index contributed by atoms with van der Waals surface area (Å²) in [6, 6.07) is 0.395. The molecular formula is C15H23ClN4O. The highest BCUT2D eigenvalue weighted by Crippen LogP contribution is 2.23. The minimum Gasteiger partial charge on any atom is -0.341 e. The first-order valence-electron chi connectivity index (χ1n) is 7.87. The van der Waals surface area contributed by atoms with E-state index in [0.717, 1.165) is 25.9 Å². The van der Waals surface area contributed by atoms with Crippen LogP contribution in [0, 0.1) is 0 Å². The molecule has 0 saturated carbocycles. The molecule has 2 fully saturated rings. The molecule has 0 N–H and O–H groups in total. The molecule has 1 aromatic rings. The predicted octanol–water partition coefficient (Wildman–Crippen LogP) is 2.18. The zero-order valence-corrected chi connectivity index (χ0v) is 13.3. The van der Waals surface area contributed by atoms with Gasteiger partial charge in [0.1, 0.15) is 6.04 Å². The van der Waals surface area contributed by atoms with E-state index in [-0.39, 0.29) is 11.9 Å². The van der Waals surface area contributed by atoms with Gasteiger partial charge in [-0.1, -0.05) is 11.6 Å². The van der Waals surface area contributed by atoms with E-state index in [1.54, 1.807) is 17.1 Å². The molecule has 5 nitrogen and oxygen atoms in total. The van der Waals surface area contributed by atoms with Gasteiger partial charge in [0.05, 0.1) is 11.2 Å². The second-order valence-electron chi connectivity index (χ2n) is 6.11. The Kier molecular flexibility index (Phi) is 4.50. The summed E-state index contributed by atoms with van der Waals surface area (Å²) in [7, 11) is 0. The third-order valence-electron chi connectivity index (χ3n) is 4.76. The van der Waals surface area contributed by atoms with Crippen LogP contribution in [0.3, 0.4) is 0 Å². The Bertz CT molecular complexity index is 490. The van der Waals surface area contributed by atoms with Crippen molar-refractivity contribution in [2.75, 3.05) is 26.2 Å². The van der Waals surface area contributed by atoms with E-state index in [4.69, 9.17) is 11.6 Å². The van der Waals surface area contributed by atoms with Gasteiger partial charge in [-0.3, -0.25) is 9.48 Å². The molecule has 3 rings (SSSR count). The molecule has 0 radical (unpaired) electrons. The Morgan fingerprint density at radius 3 is 2.52 bits per heavy atom. The van der Waals surface area contributed by atoms with Crippen LogP contribution in [0.15, 0.2) is 12.4 Å². The molecule has 21 heavy (non-hydrogen) atoms. The van der Waals surface area contributed by atoms with E-state index in [2.05, 4.69) is 10.00 Å². The van der Waals surface area contributed by atoms with Gasteiger partial charge in [-0.2, -0.15) is 5.10 Å². The summed E-state index contributed by atoms with van der Waals surface area (Å²) in [5, 5.41) is 4.71. The molecule has 2 aliphatic rings. The molecule has 1 atom stereocenters. The Labute approximate surface area is 130 Å². The number of aromatic nitrogens is 2. The van der Waals surface area contributed by atoms with Gasteiger partial charge in [-0.25, -0.2) is 0 Å². The Hall–Kier alpha value is -1.07. The van der Waals surface area contributed by atoms with Gasteiger partial charge in [0.15, 0.2) is 0 Å². The Morgan fingerprint density at radius 2 is 1.95 bits per heavy atom. The van der Waals surface area contributed by atoms with Crippen molar-refractivity contribution < 1.29 is 4.79 Å². The number of amides is 1. The van der Waals surface area contributed by atoms with E-state index in [0.29, 0.717) is 11.1 Å². The Morgan fingerprint density at radius 1 is 1.29 bits per heavy atom. The second-order valence-corrected chi connectivity index (χ2v) is 6.55. The maximum absolute atomic E-state index is 12.5. The van der Waals surface area contributed by atoms with Crippen LogP contribution in [0.4, 0.5) is 0 Å². The molecule has 1 amide bonds. The van der Waals surface area contributed by atoms with Crippen molar-refractivity contribution in [1.82, 2.24) is 19.6 Å². The number of halogens is 1. The summed E-state index contributed by atoms with van der Waals surface area (Å²) in [5.41, 5.74) is 0. The second kappa shape index (κ2) is 6.36. The molecule has 2 saturated heterocycles. The zero-order chi connectivity index (χ0) is 14.8. The summed E-state index contributed by atoms with van der Waals surface area (Å²) in [6.07, 6.45) is 8.13. The number of hydrogen-bond donors (Lipinski definition) is 0. The molecule has 0 aliphatic carbocycles. The van der Waals surface area contributed by atoms with Crippen LogP contribution in [0.2, 0.25) is 5.02 Å². The molecule has 3 heterocycles. The molecule has 1 aromatic heterocycles. The molecule has 0 spiro atoms. The number of nitrogens with zero attached hydrogens (tertiary/aromatic N) is 4. The van der Waals surface area contributed by atoms with Crippen molar-refractivity contribution in [3.8, 4) is 0 Å². The van der Waals surface area contributed by atoms with Gasteiger partial charge in [0, 0.05) is 25.3 Å². The predicted molar refractivity (Wildman–Crippen MR) is 82.4 cm³/mol. The minimum absolute atomic E-state index is 0.148. The van der Waals surface area contributed by atoms with Crippen LogP contribution in [-0.2, 0) is 4.79 Å². The lowest BCUT2D eigenvalue weighted by Gasteiger charge is -2.37. The summed E-state index contributed by atoms with van der Waals surface area (Å²) in [5.74, 6) is 0.148. The van der Waals surface area contributed by atoms with Crippen LogP contribution in [0.25, 0.3) is 0 Å². The minimum atomic E-state index is -0.277. The number of piperidine rings is 1. The normalized spacial score (nSPS) is 22.7. The summed E-state index contributed by atoms with van der Waals surface area (Å²) >= 11 is 5.87. The van der Waals surface area contributed by atoms with Gasteiger partial charge in [0.2, 0.25) is 5.91 Å². The van der Waals surface area contributed by atoms with Crippen molar-refractivity contribution in [3.05, 3.63) is 17.4 Å². The SMILES string of the molecule is CC(C(=O)N1CCC(N2CCCC2)CC1)n1cc(Cl)cn1. The third kappa shape index (κ3) is 3.24. The third-order valence-corrected chi connectivity index (χ3v) is 4.95. The van der Waals surface area contributed by atoms with Gasteiger partial charge >= 0.3 is 0 Å². The molecule has 0 bridgehead atoms. The highest BCUT2D eigenvalue weighted by Gasteiger charge is 2.30. The van der Waals surface area contributed by atoms with Gasteiger partial charge in [-0.05, 0) is 45.7 Å². The first kappa shape index (κ1) is 14.9. The first-order valence-corrected chi connectivity index (χ1v) is 8.25. The van der Waals surface area contributed by atoms with E-state index >= 15 is 0 Å². The summed E-state index contributed by atoms with van der Waals surface area (Å²) in [4.78, 5) is 17.1. The van der Waals surface area contributed by atoms with E-state index in [1.165, 1.54) is 25.9 Å². The van der Waals surface area contributed by atoms with Crippen LogP contribution in [0.1, 0.15) is 38.6 Å². The van der Waals surface area contributed by atoms with Crippen molar-refractivity contribution >= 4 is 17.5 Å². The van der Waals surface area contributed by atoms with Gasteiger partial charge in [-0.15, -0.1) is 0 Å². The lowest BCUT2D eigenvalue weighted by Crippen LogP contribution is -2.47. The van der Waals surface area contributed by atoms with E-state index < -0.39 is 0 Å². The number of carbonyl (C=O) groups is 1. The quantitative estimate of drug-likeness (QED) is 0.859. The van der Waals surface area contributed by atoms with Crippen LogP contribution in [-0.4, -0.2) is 57.7 Å². The van der Waals surface area contributed by atoms with Gasteiger partial charge in [0.25, 0.3) is 0 Å². The summed E-state index contributed by atoms with van der Waals surface area (Å²) in [6.45, 7) is 6.08. The Balaban J connectivity index is 1.54. The number of carbonyl (C=O) groups excluding carboxylic acids is 1. The van der Waals surface area contributed by atoms with Crippen LogP contribution >= 0.6 is 11.6 Å². The van der Waals surface area contributed by atoms with Crippen molar-refractivity contribution in [2.45, 2.75) is 44.7 Å². The average Bonchev–Trinajstić information content (AvgIpc) is 3.17. The smallest absolute Gasteiger partial charge is 0.247 e. The summed E-state index contributed by atoms with van der Waals surface area (Å²) < 4.78 is 1.65. The molecule has 0 aromatic carbocycles. The van der Waals surface area contributed by atoms with Crippen LogP contribution in [0.5, 0.6) is 0 Å². The zero-order valence-electron chi connectivity index (χ0n) is 12.5. The number of likely N-dealkylation sites (tertiary alicyclic amines) is 2. The molecule has 2 aliphatic heterocycles. The lowest BCUT2D eigenvalue weighted by molar-refractivity contribution is -0.136. The molecular weight excluding hydrogens is 288 g/mol. The van der Waals surface area contributed by atoms with Gasteiger partial charge < -0.3 is 9.80 Å². The van der Waals surface area contributed by atoms with Crippen molar-refractivity contribution in [3.63, 3.8) is 0 Å². The average molecular weight is 311 g/mol. The standard InChI is InChI=1S/C15H23ClN4O/c1-12(20-11-13(16)10-17-20)15(21)19-8-4-14(5-9-19)18-6-2-3-7-18/h10-12,14H,2-9H2,1H3. The lowest BCUT2D eigenvalue weighted by atomic mass is 10.0. The van der Waals surface area contributed by atoms with Crippen molar-refractivity contribution in [1.29, 1.82) is 0 Å². The molecule has 6 heteroatoms. The fraction of sp³-hybridized carbons (Fsp3) is 0.733. The fourth-order valence-corrected chi connectivity index (χ4v) is 3.61. The van der Waals surface area contributed by atoms with E-state index in [1.807, 2.05) is 11.8 Å². The van der Waals surface area contributed by atoms with E-state index in [9.17, 15) is 4.79 Å². The monoisotopic (exact) mass is 310 g/mol. The number of hydrogen-bond acceptors (Lipinski definition) is 3. The highest BCUT2D eigenvalue weighted by molar-refractivity contribution is 6.30. The largest absolute Gasteiger partial charge is 0.341 e. The fourth-order valence-electron chi connectivity index (χ4n) is 3.46.